The number of carbonyl (C=O) groups excluding carboxylic acids is 1. The highest BCUT2D eigenvalue weighted by molar-refractivity contribution is 6.31. The molecule has 1 aromatic carbocycles. The predicted molar refractivity (Wildman–Crippen MR) is 96.8 cm³/mol. The first-order chi connectivity index (χ1) is 12.6. The summed E-state index contributed by atoms with van der Waals surface area (Å²) in [4.78, 5) is 28.2. The second kappa shape index (κ2) is 8.47. The topological polar surface area (TPSA) is 87.2 Å². The van der Waals surface area contributed by atoms with Crippen LogP contribution in [0.3, 0.4) is 0 Å². The molecule has 1 aromatic heterocycles. The number of hydrogen-bond donors (Lipinski definition) is 1. The Balaban J connectivity index is 2.42. The molecule has 0 bridgehead atoms. The van der Waals surface area contributed by atoms with Crippen molar-refractivity contribution in [1.82, 2.24) is 9.55 Å². The number of aromatic nitrogens is 2. The van der Waals surface area contributed by atoms with Crippen molar-refractivity contribution >= 4 is 17.5 Å². The summed E-state index contributed by atoms with van der Waals surface area (Å²) in [5, 5.41) is -0.263. The van der Waals surface area contributed by atoms with E-state index in [1.54, 1.807) is 20.8 Å². The van der Waals surface area contributed by atoms with Crippen molar-refractivity contribution in [3.05, 3.63) is 56.6 Å². The van der Waals surface area contributed by atoms with E-state index in [1.165, 1.54) is 10.6 Å². The van der Waals surface area contributed by atoms with Crippen LogP contribution in [0.5, 0.6) is 5.88 Å². The average Bonchev–Trinajstić information content (AvgIpc) is 2.56. The number of halogens is 3. The lowest BCUT2D eigenvalue weighted by Crippen LogP contribution is -2.30. The summed E-state index contributed by atoms with van der Waals surface area (Å²) >= 11 is 6.09. The first-order valence-corrected chi connectivity index (χ1v) is 8.66. The molecule has 0 saturated carbocycles. The Hall–Kier alpha value is -2.48. The molecular weight excluding hydrogens is 380 g/mol. The minimum Gasteiger partial charge on any atom is -0.471 e. The monoisotopic (exact) mass is 399 g/mol. The first-order valence-electron chi connectivity index (χ1n) is 8.28. The number of benzene rings is 1. The van der Waals surface area contributed by atoms with Crippen LogP contribution >= 0.6 is 11.6 Å². The van der Waals surface area contributed by atoms with Gasteiger partial charge >= 0.3 is 0 Å². The zero-order valence-corrected chi connectivity index (χ0v) is 15.9. The van der Waals surface area contributed by atoms with Gasteiger partial charge in [0, 0.05) is 30.0 Å². The lowest BCUT2D eigenvalue weighted by molar-refractivity contribution is -0.118. The Bertz CT molecular complexity index is 915. The van der Waals surface area contributed by atoms with Crippen LogP contribution in [0.4, 0.5) is 8.78 Å². The van der Waals surface area contributed by atoms with Gasteiger partial charge in [0.15, 0.2) is 5.02 Å². The third-order valence-electron chi connectivity index (χ3n) is 3.90. The van der Waals surface area contributed by atoms with Crippen molar-refractivity contribution in [2.24, 2.45) is 5.73 Å². The number of ether oxygens (including phenoxy) is 1. The highest BCUT2D eigenvalue weighted by atomic mass is 35.5. The van der Waals surface area contributed by atoms with E-state index < -0.39 is 29.0 Å². The summed E-state index contributed by atoms with van der Waals surface area (Å²) in [6.45, 7) is 4.94. The second-order valence-electron chi connectivity index (χ2n) is 6.45. The van der Waals surface area contributed by atoms with E-state index in [0.29, 0.717) is 0 Å². The molecular formula is C18H20ClF2N3O3. The maximum Gasteiger partial charge on any atom is 0.276 e. The Kier molecular flexibility index (Phi) is 6.54. The van der Waals surface area contributed by atoms with Gasteiger partial charge in [-0.3, -0.25) is 14.2 Å². The molecule has 1 heterocycles. The summed E-state index contributed by atoms with van der Waals surface area (Å²) in [7, 11) is 0. The minimum absolute atomic E-state index is 0.0210. The van der Waals surface area contributed by atoms with E-state index in [0.717, 1.165) is 12.1 Å². The molecule has 1 atom stereocenters. The standard InChI is InChI=1S/C18H20ClF2N3O3/c1-9(2)24-16(10(3)6-14(22)25)23-17(15(19)18(24)26)27-8-11-4-5-12(20)7-13(11)21/h4-5,7,9-10H,6,8H2,1-3H3,(H2,22,25). The van der Waals surface area contributed by atoms with Crippen LogP contribution < -0.4 is 16.0 Å². The van der Waals surface area contributed by atoms with Gasteiger partial charge in [0.25, 0.3) is 5.56 Å². The van der Waals surface area contributed by atoms with E-state index in [1.807, 2.05) is 0 Å². The molecule has 0 fully saturated rings. The summed E-state index contributed by atoms with van der Waals surface area (Å²) in [6, 6.07) is 2.78. The molecule has 0 aliphatic heterocycles. The van der Waals surface area contributed by atoms with E-state index in [-0.39, 0.29) is 41.4 Å². The summed E-state index contributed by atoms with van der Waals surface area (Å²) in [5.74, 6) is -2.41. The quantitative estimate of drug-likeness (QED) is 0.773. The summed E-state index contributed by atoms with van der Waals surface area (Å²) in [6.07, 6.45) is -0.0210. The van der Waals surface area contributed by atoms with Crippen LogP contribution in [0, 0.1) is 11.6 Å². The van der Waals surface area contributed by atoms with Gasteiger partial charge in [0.05, 0.1) is 0 Å². The van der Waals surface area contributed by atoms with Gasteiger partial charge in [-0.2, -0.15) is 4.98 Å². The molecule has 2 N–H and O–H groups in total. The van der Waals surface area contributed by atoms with E-state index in [2.05, 4.69) is 4.98 Å². The van der Waals surface area contributed by atoms with Gasteiger partial charge < -0.3 is 10.5 Å². The van der Waals surface area contributed by atoms with Crippen molar-refractivity contribution in [3.8, 4) is 5.88 Å². The van der Waals surface area contributed by atoms with Gasteiger partial charge in [0.1, 0.15) is 24.1 Å². The summed E-state index contributed by atoms with van der Waals surface area (Å²) in [5.41, 5.74) is 4.78. The van der Waals surface area contributed by atoms with Crippen LogP contribution in [0.25, 0.3) is 0 Å². The number of nitrogens with zero attached hydrogens (tertiary/aromatic N) is 2. The molecule has 1 amide bonds. The second-order valence-corrected chi connectivity index (χ2v) is 6.83. The average molecular weight is 400 g/mol. The molecule has 0 saturated heterocycles. The molecule has 2 aromatic rings. The Morgan fingerprint density at radius 1 is 1.33 bits per heavy atom. The number of amides is 1. The third-order valence-corrected chi connectivity index (χ3v) is 4.22. The lowest BCUT2D eigenvalue weighted by Gasteiger charge is -2.21. The van der Waals surface area contributed by atoms with E-state index >= 15 is 0 Å². The predicted octanol–water partition coefficient (Wildman–Crippen LogP) is 3.31. The van der Waals surface area contributed by atoms with Crippen LogP contribution in [0.2, 0.25) is 5.02 Å². The number of primary amides is 1. The fourth-order valence-electron chi connectivity index (χ4n) is 2.63. The number of carbonyl (C=O) groups is 1. The number of nitrogens with two attached hydrogens (primary N) is 1. The van der Waals surface area contributed by atoms with Crippen LogP contribution in [0.1, 0.15) is 50.5 Å². The molecule has 0 aliphatic carbocycles. The normalized spacial score (nSPS) is 12.3. The molecule has 2 rings (SSSR count). The van der Waals surface area contributed by atoms with E-state index in [4.69, 9.17) is 22.1 Å². The third kappa shape index (κ3) is 4.82. The molecule has 0 aliphatic rings. The van der Waals surface area contributed by atoms with Gasteiger partial charge in [-0.25, -0.2) is 8.78 Å². The molecule has 6 nitrogen and oxygen atoms in total. The van der Waals surface area contributed by atoms with Crippen molar-refractivity contribution in [2.75, 3.05) is 0 Å². The van der Waals surface area contributed by atoms with Gasteiger partial charge in [-0.05, 0) is 26.0 Å². The molecule has 146 valence electrons. The maximum atomic E-state index is 13.8. The Morgan fingerprint density at radius 3 is 2.56 bits per heavy atom. The van der Waals surface area contributed by atoms with Crippen LogP contribution in [-0.2, 0) is 11.4 Å². The largest absolute Gasteiger partial charge is 0.471 e. The molecule has 9 heteroatoms. The zero-order valence-electron chi connectivity index (χ0n) is 15.1. The van der Waals surface area contributed by atoms with Gasteiger partial charge in [0.2, 0.25) is 11.8 Å². The molecule has 0 radical (unpaired) electrons. The number of hydrogen-bond acceptors (Lipinski definition) is 4. The van der Waals surface area contributed by atoms with Crippen molar-refractivity contribution in [2.45, 2.75) is 45.8 Å². The smallest absolute Gasteiger partial charge is 0.276 e. The molecule has 27 heavy (non-hydrogen) atoms. The Morgan fingerprint density at radius 2 is 2.00 bits per heavy atom. The minimum atomic E-state index is -0.788. The fourth-order valence-corrected chi connectivity index (χ4v) is 2.82. The van der Waals surface area contributed by atoms with Crippen molar-refractivity contribution < 1.29 is 18.3 Å². The highest BCUT2D eigenvalue weighted by Gasteiger charge is 2.23. The zero-order chi connectivity index (χ0) is 20.3. The number of rotatable bonds is 7. The van der Waals surface area contributed by atoms with Gasteiger partial charge in [-0.15, -0.1) is 0 Å². The molecule has 0 spiro atoms. The lowest BCUT2D eigenvalue weighted by atomic mass is 10.1. The Labute approximate surface area is 159 Å². The highest BCUT2D eigenvalue weighted by Crippen LogP contribution is 2.26. The molecule has 1 unspecified atom stereocenters. The fraction of sp³-hybridized carbons (Fsp3) is 0.389. The van der Waals surface area contributed by atoms with E-state index in [9.17, 15) is 18.4 Å². The summed E-state index contributed by atoms with van der Waals surface area (Å²) < 4.78 is 33.5. The van der Waals surface area contributed by atoms with Crippen LogP contribution in [0.15, 0.2) is 23.0 Å². The SMILES string of the molecule is CC(CC(N)=O)c1nc(OCc2ccc(F)cc2F)c(Cl)c(=O)n1C(C)C. The van der Waals surface area contributed by atoms with Crippen LogP contribution in [-0.4, -0.2) is 15.5 Å². The maximum absolute atomic E-state index is 13.8. The van der Waals surface area contributed by atoms with Gasteiger partial charge in [-0.1, -0.05) is 18.5 Å². The van der Waals surface area contributed by atoms with Crippen molar-refractivity contribution in [1.29, 1.82) is 0 Å². The van der Waals surface area contributed by atoms with Crippen molar-refractivity contribution in [3.63, 3.8) is 0 Å². The first kappa shape index (κ1) is 20.8.